The van der Waals surface area contributed by atoms with Crippen molar-refractivity contribution in [3.05, 3.63) is 82.9 Å². The van der Waals surface area contributed by atoms with E-state index in [2.05, 4.69) is 6.92 Å². The predicted octanol–water partition coefficient (Wildman–Crippen LogP) is 9.35. The van der Waals surface area contributed by atoms with Gasteiger partial charge in [0.2, 0.25) is 11.6 Å². The van der Waals surface area contributed by atoms with E-state index >= 15 is 0 Å². The molecular weight excluding hydrogens is 480 g/mol. The van der Waals surface area contributed by atoms with Crippen molar-refractivity contribution in [2.45, 2.75) is 70.8 Å². The predicted molar refractivity (Wildman–Crippen MR) is 138 cm³/mol. The second kappa shape index (κ2) is 12.5. The van der Waals surface area contributed by atoms with Crippen LogP contribution in [-0.4, -0.2) is 7.11 Å². The van der Waals surface area contributed by atoms with Crippen molar-refractivity contribution < 1.29 is 27.0 Å². The fraction of sp³-hybridized carbons (Fsp3) is 0.419. The molecule has 1 aliphatic carbocycles. The smallest absolute Gasteiger partial charge is 0.201 e. The van der Waals surface area contributed by atoms with Gasteiger partial charge in [-0.05, 0) is 72.4 Å². The van der Waals surface area contributed by atoms with E-state index in [0.29, 0.717) is 22.6 Å². The van der Waals surface area contributed by atoms with E-state index in [4.69, 9.17) is 9.47 Å². The summed E-state index contributed by atoms with van der Waals surface area (Å²) in [4.78, 5) is 0. The Kier molecular flexibility index (Phi) is 9.12. The largest absolute Gasteiger partial charge is 0.494 e. The third kappa shape index (κ3) is 6.28. The Labute approximate surface area is 216 Å². The van der Waals surface area contributed by atoms with E-state index in [0.717, 1.165) is 25.7 Å². The van der Waals surface area contributed by atoms with Gasteiger partial charge in [0, 0.05) is 5.56 Å². The van der Waals surface area contributed by atoms with E-state index in [9.17, 15) is 17.6 Å². The van der Waals surface area contributed by atoms with Crippen LogP contribution in [-0.2, 0) is 6.61 Å². The molecule has 3 aromatic carbocycles. The molecular formula is C31H34F4O2. The summed E-state index contributed by atoms with van der Waals surface area (Å²) >= 11 is 0. The molecule has 0 aromatic heterocycles. The maximum absolute atomic E-state index is 15.0. The highest BCUT2D eigenvalue weighted by Crippen LogP contribution is 2.40. The summed E-state index contributed by atoms with van der Waals surface area (Å²) < 4.78 is 68.6. The Morgan fingerprint density at radius 2 is 1.41 bits per heavy atom. The van der Waals surface area contributed by atoms with Gasteiger partial charge in [0.1, 0.15) is 6.61 Å². The number of rotatable bonds is 10. The molecule has 1 aliphatic rings. The molecule has 1 fully saturated rings. The molecule has 1 saturated carbocycles. The quantitative estimate of drug-likeness (QED) is 0.198. The molecule has 0 saturated heterocycles. The van der Waals surface area contributed by atoms with Crippen LogP contribution in [0.25, 0.3) is 11.1 Å². The Morgan fingerprint density at radius 1 is 0.730 bits per heavy atom. The molecule has 3 aromatic rings. The summed E-state index contributed by atoms with van der Waals surface area (Å²) in [5.74, 6) is -3.39. The average Bonchev–Trinajstić information content (AvgIpc) is 2.92. The third-order valence-electron chi connectivity index (χ3n) is 7.51. The lowest BCUT2D eigenvalue weighted by Crippen LogP contribution is -2.15. The zero-order chi connectivity index (χ0) is 26.4. The van der Waals surface area contributed by atoms with Crippen molar-refractivity contribution in [3.63, 3.8) is 0 Å². The molecule has 4 rings (SSSR count). The molecule has 6 heteroatoms. The molecule has 0 heterocycles. The van der Waals surface area contributed by atoms with Crippen molar-refractivity contribution in [1.29, 1.82) is 0 Å². The van der Waals surface area contributed by atoms with Gasteiger partial charge in [0.25, 0.3) is 0 Å². The van der Waals surface area contributed by atoms with Crippen LogP contribution < -0.4 is 9.47 Å². The molecule has 0 bridgehead atoms. The molecule has 0 unspecified atom stereocenters. The summed E-state index contributed by atoms with van der Waals surface area (Å²) in [7, 11) is 1.27. The van der Waals surface area contributed by atoms with Gasteiger partial charge in [0.05, 0.1) is 7.11 Å². The van der Waals surface area contributed by atoms with E-state index in [1.54, 1.807) is 30.3 Å². The van der Waals surface area contributed by atoms with Crippen molar-refractivity contribution in [1.82, 2.24) is 0 Å². The van der Waals surface area contributed by atoms with E-state index in [1.807, 2.05) is 0 Å². The zero-order valence-electron chi connectivity index (χ0n) is 21.5. The van der Waals surface area contributed by atoms with Crippen LogP contribution >= 0.6 is 0 Å². The third-order valence-corrected chi connectivity index (χ3v) is 7.51. The Bertz CT molecular complexity index is 1180. The first-order valence-electron chi connectivity index (χ1n) is 13.1. The molecule has 0 aliphatic heterocycles. The number of hydrogen-bond acceptors (Lipinski definition) is 2. The van der Waals surface area contributed by atoms with E-state index in [1.165, 1.54) is 51.0 Å². The summed E-state index contributed by atoms with van der Waals surface area (Å²) in [5, 5.41) is 0. The SMILES string of the molecule is CCCCCC1CCC(c2ccc(OCc3ccc(-c4ccc(OC)c(F)c4F)cc3)c(F)c2F)CC1. The number of unbranched alkanes of at least 4 members (excludes halogenated alkanes) is 2. The van der Waals surface area contributed by atoms with Crippen molar-refractivity contribution in [2.24, 2.45) is 5.92 Å². The topological polar surface area (TPSA) is 18.5 Å². The fourth-order valence-electron chi connectivity index (χ4n) is 5.27. The normalized spacial score (nSPS) is 17.6. The van der Waals surface area contributed by atoms with Crippen LogP contribution in [0.1, 0.15) is 75.3 Å². The van der Waals surface area contributed by atoms with Gasteiger partial charge in [-0.2, -0.15) is 8.78 Å². The summed E-state index contributed by atoms with van der Waals surface area (Å²) in [6, 6.07) is 12.6. The highest BCUT2D eigenvalue weighted by molar-refractivity contribution is 5.65. The summed E-state index contributed by atoms with van der Waals surface area (Å²) in [6.45, 7) is 2.21. The lowest BCUT2D eigenvalue weighted by atomic mass is 9.77. The second-order valence-electron chi connectivity index (χ2n) is 9.92. The van der Waals surface area contributed by atoms with Gasteiger partial charge < -0.3 is 9.47 Å². The van der Waals surface area contributed by atoms with Gasteiger partial charge in [-0.1, -0.05) is 62.9 Å². The first-order chi connectivity index (χ1) is 17.9. The minimum atomic E-state index is -1.05. The minimum Gasteiger partial charge on any atom is -0.494 e. The van der Waals surface area contributed by atoms with Gasteiger partial charge in [-0.3, -0.25) is 0 Å². The van der Waals surface area contributed by atoms with Crippen LogP contribution in [0.15, 0.2) is 48.5 Å². The number of methoxy groups -OCH3 is 1. The van der Waals surface area contributed by atoms with Crippen molar-refractivity contribution >= 4 is 0 Å². The fourth-order valence-corrected chi connectivity index (χ4v) is 5.27. The number of benzene rings is 3. The monoisotopic (exact) mass is 514 g/mol. The van der Waals surface area contributed by atoms with Gasteiger partial charge >= 0.3 is 0 Å². The lowest BCUT2D eigenvalue weighted by Gasteiger charge is -2.29. The molecule has 198 valence electrons. The van der Waals surface area contributed by atoms with Crippen LogP contribution in [0.5, 0.6) is 11.5 Å². The first kappa shape index (κ1) is 27.0. The Balaban J connectivity index is 1.37. The van der Waals surface area contributed by atoms with Gasteiger partial charge in [-0.15, -0.1) is 0 Å². The van der Waals surface area contributed by atoms with Crippen LogP contribution in [0.4, 0.5) is 17.6 Å². The first-order valence-corrected chi connectivity index (χ1v) is 13.1. The van der Waals surface area contributed by atoms with Crippen molar-refractivity contribution in [3.8, 4) is 22.6 Å². The molecule has 0 N–H and O–H groups in total. The highest BCUT2D eigenvalue weighted by atomic mass is 19.2. The molecule has 2 nitrogen and oxygen atoms in total. The maximum atomic E-state index is 15.0. The average molecular weight is 515 g/mol. The maximum Gasteiger partial charge on any atom is 0.201 e. The number of halogens is 4. The summed E-state index contributed by atoms with van der Waals surface area (Å²) in [5.41, 5.74) is 1.70. The molecule has 0 atom stereocenters. The zero-order valence-corrected chi connectivity index (χ0v) is 21.5. The van der Waals surface area contributed by atoms with Crippen molar-refractivity contribution in [2.75, 3.05) is 7.11 Å². The number of ether oxygens (including phenoxy) is 2. The van der Waals surface area contributed by atoms with Gasteiger partial charge in [0.15, 0.2) is 23.1 Å². The standard InChI is InChI=1S/C31H34F4O2/c1-3-4-5-6-20-7-11-22(12-8-20)25-16-18-27(31(35)29(25)33)37-19-21-9-13-23(14-10-21)24-15-17-26(36-2)30(34)28(24)32/h9-10,13-18,20,22H,3-8,11-12,19H2,1-2H3. The molecule has 0 spiro atoms. The lowest BCUT2D eigenvalue weighted by molar-refractivity contribution is 0.278. The Morgan fingerprint density at radius 3 is 2.08 bits per heavy atom. The van der Waals surface area contributed by atoms with Crippen LogP contribution in [0.2, 0.25) is 0 Å². The minimum absolute atomic E-state index is 0.0122. The van der Waals surface area contributed by atoms with Crippen LogP contribution in [0.3, 0.4) is 0 Å². The Hall–Kier alpha value is -3.02. The molecule has 37 heavy (non-hydrogen) atoms. The van der Waals surface area contributed by atoms with Crippen LogP contribution in [0, 0.1) is 29.2 Å². The molecule has 0 radical (unpaired) electrons. The second-order valence-corrected chi connectivity index (χ2v) is 9.92. The van der Waals surface area contributed by atoms with Gasteiger partial charge in [-0.25, -0.2) is 8.78 Å². The summed E-state index contributed by atoms with van der Waals surface area (Å²) in [6.07, 6.45) is 8.86. The highest BCUT2D eigenvalue weighted by Gasteiger charge is 2.26. The van der Waals surface area contributed by atoms with E-state index in [-0.39, 0.29) is 29.6 Å². The number of hydrogen-bond donors (Lipinski definition) is 0. The molecule has 0 amide bonds. The van der Waals surface area contributed by atoms with E-state index < -0.39 is 23.3 Å².